The van der Waals surface area contributed by atoms with Crippen molar-refractivity contribution < 1.29 is 9.32 Å². The number of Topliss-reactive ketones (excluding diaryl/α,β-unsaturated/α-hetero) is 1. The molecule has 1 aromatic rings. The summed E-state index contributed by atoms with van der Waals surface area (Å²) in [6.07, 6.45) is 2.52. The highest BCUT2D eigenvalue weighted by Gasteiger charge is 2.36. The smallest absolute Gasteiger partial charge is 0.234 e. The van der Waals surface area contributed by atoms with Crippen LogP contribution < -0.4 is 0 Å². The summed E-state index contributed by atoms with van der Waals surface area (Å²) in [5.41, 5.74) is 0. The van der Waals surface area contributed by atoms with E-state index in [1.165, 1.54) is 13.3 Å². The van der Waals surface area contributed by atoms with Crippen LogP contribution in [0.25, 0.3) is 0 Å². The van der Waals surface area contributed by atoms with Gasteiger partial charge >= 0.3 is 0 Å². The van der Waals surface area contributed by atoms with Gasteiger partial charge in [0.05, 0.1) is 11.2 Å². The molecule has 0 radical (unpaired) electrons. The van der Waals surface area contributed by atoms with Crippen molar-refractivity contribution in [3.8, 4) is 0 Å². The van der Waals surface area contributed by atoms with Gasteiger partial charge in [0.15, 0.2) is 5.82 Å². The number of aromatic nitrogens is 2. The monoisotopic (exact) mass is 226 g/mol. The molecule has 82 valence electrons. The third-order valence-corrected chi connectivity index (χ3v) is 4.08. The van der Waals surface area contributed by atoms with Crippen molar-refractivity contribution in [3.63, 3.8) is 0 Å². The van der Waals surface area contributed by atoms with Crippen molar-refractivity contribution in [2.24, 2.45) is 0 Å². The van der Waals surface area contributed by atoms with E-state index in [9.17, 15) is 4.79 Å². The second-order valence-corrected chi connectivity index (χ2v) is 5.67. The van der Waals surface area contributed by atoms with Gasteiger partial charge in [-0.05, 0) is 32.4 Å². The first-order chi connectivity index (χ1) is 7.10. The van der Waals surface area contributed by atoms with Crippen LogP contribution in [0.4, 0.5) is 0 Å². The fraction of sp³-hybridized carbons (Fsp3) is 0.700. The van der Waals surface area contributed by atoms with Crippen molar-refractivity contribution in [1.82, 2.24) is 10.1 Å². The molecule has 2 rings (SSSR count). The van der Waals surface area contributed by atoms with Crippen LogP contribution in [0.2, 0.25) is 0 Å². The molecule has 4 nitrogen and oxygen atoms in total. The molecule has 1 aliphatic heterocycles. The predicted octanol–water partition coefficient (Wildman–Crippen LogP) is 1.94. The maximum atomic E-state index is 10.9. The molecule has 5 heteroatoms. The standard InChI is InChI=1S/C10H14N2O2S/c1-7(13)6-8-11-9(12-14-8)10(2)4-3-5-15-10/h3-6H2,1-2H3. The number of carbonyl (C=O) groups is 1. The summed E-state index contributed by atoms with van der Waals surface area (Å²) in [5.74, 6) is 2.37. The Bertz CT molecular complexity index is 369. The molecular formula is C10H14N2O2S. The quantitative estimate of drug-likeness (QED) is 0.788. The minimum absolute atomic E-state index is 0.0153. The van der Waals surface area contributed by atoms with Gasteiger partial charge in [0.2, 0.25) is 5.89 Å². The van der Waals surface area contributed by atoms with E-state index in [0.29, 0.717) is 5.89 Å². The molecule has 1 aromatic heterocycles. The molecule has 1 aliphatic rings. The van der Waals surface area contributed by atoms with Gasteiger partial charge in [-0.2, -0.15) is 4.98 Å². The summed E-state index contributed by atoms with van der Waals surface area (Å²) in [4.78, 5) is 15.2. The largest absolute Gasteiger partial charge is 0.339 e. The van der Waals surface area contributed by atoms with Crippen LogP contribution in [0, 0.1) is 0 Å². The first-order valence-electron chi connectivity index (χ1n) is 5.07. The highest BCUT2D eigenvalue weighted by Crippen LogP contribution is 2.44. The molecular weight excluding hydrogens is 212 g/mol. The first-order valence-corrected chi connectivity index (χ1v) is 6.05. The Kier molecular flexibility index (Phi) is 2.82. The number of hydrogen-bond donors (Lipinski definition) is 0. The number of hydrogen-bond acceptors (Lipinski definition) is 5. The topological polar surface area (TPSA) is 56.0 Å². The number of carbonyl (C=O) groups excluding carboxylic acids is 1. The molecule has 0 aliphatic carbocycles. The van der Waals surface area contributed by atoms with Crippen LogP contribution in [0.3, 0.4) is 0 Å². The molecule has 0 saturated carbocycles. The van der Waals surface area contributed by atoms with Crippen LogP contribution in [0.5, 0.6) is 0 Å². The molecule has 0 aromatic carbocycles. The maximum Gasteiger partial charge on any atom is 0.234 e. The fourth-order valence-corrected chi connectivity index (χ4v) is 2.95. The highest BCUT2D eigenvalue weighted by molar-refractivity contribution is 8.00. The lowest BCUT2D eigenvalue weighted by Gasteiger charge is -2.16. The van der Waals surface area contributed by atoms with Crippen LogP contribution in [0.15, 0.2) is 4.52 Å². The van der Waals surface area contributed by atoms with Crippen molar-refractivity contribution in [2.45, 2.75) is 37.9 Å². The molecule has 0 N–H and O–H groups in total. The molecule has 0 bridgehead atoms. The Hall–Kier alpha value is -0.840. The Labute approximate surface area is 92.8 Å². The summed E-state index contributed by atoms with van der Waals surface area (Å²) in [7, 11) is 0. The zero-order chi connectivity index (χ0) is 10.9. The fourth-order valence-electron chi connectivity index (χ4n) is 1.71. The molecule has 2 heterocycles. The second-order valence-electron chi connectivity index (χ2n) is 4.07. The molecule has 1 saturated heterocycles. The van der Waals surface area contributed by atoms with Crippen molar-refractivity contribution >= 4 is 17.5 Å². The average Bonchev–Trinajstić information content (AvgIpc) is 2.74. The maximum absolute atomic E-state index is 10.9. The summed E-state index contributed by atoms with van der Waals surface area (Å²) in [6, 6.07) is 0. The minimum Gasteiger partial charge on any atom is -0.339 e. The lowest BCUT2D eigenvalue weighted by molar-refractivity contribution is -0.116. The molecule has 1 atom stereocenters. The van der Waals surface area contributed by atoms with Crippen LogP contribution in [-0.2, 0) is 16.0 Å². The zero-order valence-corrected chi connectivity index (χ0v) is 9.76. The van der Waals surface area contributed by atoms with Crippen LogP contribution in [-0.4, -0.2) is 21.7 Å². The van der Waals surface area contributed by atoms with Gasteiger partial charge in [0, 0.05) is 0 Å². The summed E-state index contributed by atoms with van der Waals surface area (Å²) in [5, 5.41) is 3.96. The van der Waals surface area contributed by atoms with E-state index in [-0.39, 0.29) is 17.0 Å². The lowest BCUT2D eigenvalue weighted by atomic mass is 10.1. The Morgan fingerprint density at radius 3 is 3.07 bits per heavy atom. The minimum atomic E-state index is -0.0153. The highest BCUT2D eigenvalue weighted by atomic mass is 32.2. The second kappa shape index (κ2) is 3.96. The molecule has 1 unspecified atom stereocenters. The van der Waals surface area contributed by atoms with Gasteiger partial charge in [-0.25, -0.2) is 0 Å². The normalized spacial score (nSPS) is 25.7. The van der Waals surface area contributed by atoms with Gasteiger partial charge in [-0.3, -0.25) is 4.79 Å². The third-order valence-electron chi connectivity index (χ3n) is 2.56. The van der Waals surface area contributed by atoms with E-state index in [4.69, 9.17) is 4.52 Å². The lowest BCUT2D eigenvalue weighted by Crippen LogP contribution is -2.15. The van der Waals surface area contributed by atoms with Crippen molar-refractivity contribution in [2.75, 3.05) is 5.75 Å². The SMILES string of the molecule is CC(=O)Cc1nc(C2(C)CCCS2)no1. The zero-order valence-electron chi connectivity index (χ0n) is 8.95. The Morgan fingerprint density at radius 1 is 1.67 bits per heavy atom. The van der Waals surface area contributed by atoms with E-state index < -0.39 is 0 Å². The van der Waals surface area contributed by atoms with Crippen molar-refractivity contribution in [1.29, 1.82) is 0 Å². The molecule has 15 heavy (non-hydrogen) atoms. The van der Waals surface area contributed by atoms with E-state index in [0.717, 1.165) is 18.0 Å². The van der Waals surface area contributed by atoms with E-state index >= 15 is 0 Å². The summed E-state index contributed by atoms with van der Waals surface area (Å²) < 4.78 is 5.04. The first kappa shape index (κ1) is 10.7. The van der Waals surface area contributed by atoms with Gasteiger partial charge in [-0.15, -0.1) is 11.8 Å². The van der Waals surface area contributed by atoms with Gasteiger partial charge in [0.25, 0.3) is 0 Å². The van der Waals surface area contributed by atoms with E-state index in [1.54, 1.807) is 0 Å². The van der Waals surface area contributed by atoms with Crippen molar-refractivity contribution in [3.05, 3.63) is 11.7 Å². The van der Waals surface area contributed by atoms with E-state index in [2.05, 4.69) is 17.1 Å². The molecule has 0 spiro atoms. The number of rotatable bonds is 3. The number of thioether (sulfide) groups is 1. The average molecular weight is 226 g/mol. The summed E-state index contributed by atoms with van der Waals surface area (Å²) >= 11 is 1.86. The van der Waals surface area contributed by atoms with Gasteiger partial charge in [0.1, 0.15) is 5.78 Å². The summed E-state index contributed by atoms with van der Waals surface area (Å²) in [6.45, 7) is 3.66. The number of nitrogens with zero attached hydrogens (tertiary/aromatic N) is 2. The predicted molar refractivity (Wildman–Crippen MR) is 57.7 cm³/mol. The molecule has 1 fully saturated rings. The molecule has 0 amide bonds. The third kappa shape index (κ3) is 2.22. The van der Waals surface area contributed by atoms with Gasteiger partial charge in [-0.1, -0.05) is 5.16 Å². The Balaban J connectivity index is 2.15. The van der Waals surface area contributed by atoms with Crippen LogP contribution >= 0.6 is 11.8 Å². The van der Waals surface area contributed by atoms with Crippen LogP contribution in [0.1, 0.15) is 38.4 Å². The van der Waals surface area contributed by atoms with E-state index in [1.807, 2.05) is 11.8 Å². The number of ketones is 1. The Morgan fingerprint density at radius 2 is 2.47 bits per heavy atom. The van der Waals surface area contributed by atoms with Gasteiger partial charge < -0.3 is 4.52 Å².